The smallest absolute Gasteiger partial charge is 0.306 e. The molecule has 0 fully saturated rings. The number of nitrogens with zero attached hydrogens (tertiary/aromatic N) is 1. The van der Waals surface area contributed by atoms with Gasteiger partial charge in [0, 0.05) is 20.0 Å². The van der Waals surface area contributed by atoms with Gasteiger partial charge in [-0.2, -0.15) is 0 Å². The second kappa shape index (κ2) is 39.3. The maximum absolute atomic E-state index is 12.9. The fourth-order valence-corrected chi connectivity index (χ4v) is 8.66. The van der Waals surface area contributed by atoms with E-state index in [1.165, 1.54) is 180 Å². The highest BCUT2D eigenvalue weighted by molar-refractivity contribution is 5.73. The highest BCUT2D eigenvalue weighted by Gasteiger charge is 2.19. The molecule has 0 radical (unpaired) electrons. The van der Waals surface area contributed by atoms with Crippen LogP contribution in [0.2, 0.25) is 0 Å². The van der Waals surface area contributed by atoms with Gasteiger partial charge in [-0.1, -0.05) is 195 Å². The van der Waals surface area contributed by atoms with E-state index in [0.717, 1.165) is 64.1 Å². The number of unbranched alkanes of at least 4 members (excludes halogenated alkanes) is 23. The highest BCUT2D eigenvalue weighted by Crippen LogP contribution is 2.22. The molecule has 0 aromatic heterocycles. The maximum atomic E-state index is 12.9. The van der Waals surface area contributed by atoms with Crippen molar-refractivity contribution < 1.29 is 9.53 Å². The summed E-state index contributed by atoms with van der Waals surface area (Å²) in [7, 11) is 1.69. The van der Waals surface area contributed by atoms with Gasteiger partial charge in [-0.25, -0.2) is 0 Å². The Morgan fingerprint density at radius 3 is 1.36 bits per heavy atom. The molecule has 0 heterocycles. The van der Waals surface area contributed by atoms with Gasteiger partial charge >= 0.3 is 5.97 Å². The van der Waals surface area contributed by atoms with Gasteiger partial charge < -0.3 is 20.3 Å². The number of hydrogen-bond donors (Lipinski definition) is 2. The maximum Gasteiger partial charge on any atom is 0.306 e. The zero-order chi connectivity index (χ0) is 42.3. The van der Waals surface area contributed by atoms with Gasteiger partial charge in [-0.15, -0.1) is 0 Å². The summed E-state index contributed by atoms with van der Waals surface area (Å²) in [5.41, 5.74) is 0.0568. The first-order chi connectivity index (χ1) is 28.4. The molecule has 1 rings (SSSR count). The normalized spacial score (nSPS) is 12.3. The third-order valence-electron chi connectivity index (χ3n) is 12.7. The standard InChI is InChI=1S/C51H97N3O4/c1-6-10-13-16-21-28-36-45(9-4)37-29-22-19-26-33-42-54(44-35-41-53-49-48(52-5)50(56)51(49)57)43-34-27-20-25-32-40-47(55)58-46(38-30-23-17-14-11-7-2)39-31-24-18-15-12-8-3/h45-46,52-53H,6-44H2,1-5H3. The largest absolute Gasteiger partial charge is 0.462 e. The van der Waals surface area contributed by atoms with E-state index in [2.05, 4.69) is 43.2 Å². The van der Waals surface area contributed by atoms with Crippen LogP contribution >= 0.6 is 0 Å². The van der Waals surface area contributed by atoms with Gasteiger partial charge in [0.05, 0.1) is 0 Å². The van der Waals surface area contributed by atoms with Crippen molar-refractivity contribution in [1.82, 2.24) is 4.90 Å². The van der Waals surface area contributed by atoms with Crippen molar-refractivity contribution in [2.45, 2.75) is 259 Å². The average molecular weight is 816 g/mol. The number of nitrogens with one attached hydrogen (secondary N) is 2. The Morgan fingerprint density at radius 2 is 0.897 bits per heavy atom. The molecule has 1 aromatic rings. The summed E-state index contributed by atoms with van der Waals surface area (Å²) >= 11 is 0. The highest BCUT2D eigenvalue weighted by atomic mass is 16.5. The van der Waals surface area contributed by atoms with Crippen LogP contribution in [0.5, 0.6) is 0 Å². The van der Waals surface area contributed by atoms with Crippen LogP contribution in [0.15, 0.2) is 9.59 Å². The van der Waals surface area contributed by atoms with Crippen LogP contribution in [0.4, 0.5) is 11.4 Å². The molecule has 2 N–H and O–H groups in total. The van der Waals surface area contributed by atoms with Crippen molar-refractivity contribution in [3.63, 3.8) is 0 Å². The van der Waals surface area contributed by atoms with E-state index in [4.69, 9.17) is 4.74 Å². The Bertz CT molecular complexity index is 1120. The summed E-state index contributed by atoms with van der Waals surface area (Å²) in [6.45, 7) is 13.1. The number of hydrogen-bond acceptors (Lipinski definition) is 7. The molecule has 58 heavy (non-hydrogen) atoms. The molecule has 1 atom stereocenters. The fourth-order valence-electron chi connectivity index (χ4n) is 8.66. The molecule has 0 bridgehead atoms. The molecule has 340 valence electrons. The summed E-state index contributed by atoms with van der Waals surface area (Å²) in [4.78, 5) is 39.2. The lowest BCUT2D eigenvalue weighted by molar-refractivity contribution is -0.150. The second-order valence-electron chi connectivity index (χ2n) is 17.9. The molecular weight excluding hydrogens is 719 g/mol. The lowest BCUT2D eigenvalue weighted by atomic mass is 9.92. The van der Waals surface area contributed by atoms with E-state index in [0.29, 0.717) is 24.3 Å². The van der Waals surface area contributed by atoms with Crippen LogP contribution in [0.1, 0.15) is 252 Å². The number of anilines is 2. The summed E-state index contributed by atoms with van der Waals surface area (Å²) in [6.07, 6.45) is 43.8. The monoisotopic (exact) mass is 816 g/mol. The molecule has 0 saturated heterocycles. The lowest BCUT2D eigenvalue weighted by Gasteiger charge is -2.23. The minimum Gasteiger partial charge on any atom is -0.462 e. The van der Waals surface area contributed by atoms with Crippen molar-refractivity contribution >= 4 is 17.3 Å². The molecule has 7 nitrogen and oxygen atoms in total. The van der Waals surface area contributed by atoms with Crippen LogP contribution in [-0.2, 0) is 9.53 Å². The molecule has 0 spiro atoms. The average Bonchev–Trinajstić information content (AvgIpc) is 3.23. The Hall–Kier alpha value is -1.89. The van der Waals surface area contributed by atoms with Gasteiger partial charge in [0.2, 0.25) is 0 Å². The second-order valence-corrected chi connectivity index (χ2v) is 17.9. The Labute approximate surface area is 359 Å². The molecule has 0 aliphatic heterocycles. The summed E-state index contributed by atoms with van der Waals surface area (Å²) in [5, 5.41) is 6.07. The lowest BCUT2D eigenvalue weighted by Crippen LogP contribution is -2.37. The third kappa shape index (κ3) is 28.6. The predicted octanol–water partition coefficient (Wildman–Crippen LogP) is 14.3. The van der Waals surface area contributed by atoms with Crippen molar-refractivity contribution in [3.8, 4) is 0 Å². The molecular formula is C51H97N3O4. The zero-order valence-corrected chi connectivity index (χ0v) is 39.3. The van der Waals surface area contributed by atoms with Crippen LogP contribution in [0.25, 0.3) is 0 Å². The number of ether oxygens (including phenoxy) is 1. The molecule has 0 aliphatic carbocycles. The first kappa shape index (κ1) is 54.1. The summed E-state index contributed by atoms with van der Waals surface area (Å²) in [5.74, 6) is 0.940. The molecule has 0 aliphatic rings. The molecule has 1 unspecified atom stereocenters. The van der Waals surface area contributed by atoms with Gasteiger partial charge in [-0.05, 0) is 76.9 Å². The van der Waals surface area contributed by atoms with E-state index < -0.39 is 10.9 Å². The first-order valence-electron chi connectivity index (χ1n) is 25.6. The minimum atomic E-state index is -0.414. The van der Waals surface area contributed by atoms with E-state index >= 15 is 0 Å². The molecule has 7 heteroatoms. The number of carbonyl (C=O) groups is 1. The van der Waals surface area contributed by atoms with E-state index in [9.17, 15) is 14.4 Å². The zero-order valence-electron chi connectivity index (χ0n) is 39.3. The van der Waals surface area contributed by atoms with E-state index in [1.807, 2.05) is 0 Å². The third-order valence-corrected chi connectivity index (χ3v) is 12.7. The number of carbonyl (C=O) groups excluding carboxylic acids is 1. The van der Waals surface area contributed by atoms with Crippen molar-refractivity contribution in [2.24, 2.45) is 5.92 Å². The van der Waals surface area contributed by atoms with Gasteiger partial charge in [-0.3, -0.25) is 14.4 Å². The van der Waals surface area contributed by atoms with Crippen LogP contribution in [-0.4, -0.2) is 50.2 Å². The van der Waals surface area contributed by atoms with Gasteiger partial charge in [0.25, 0.3) is 10.9 Å². The van der Waals surface area contributed by atoms with Crippen molar-refractivity contribution in [1.29, 1.82) is 0 Å². The van der Waals surface area contributed by atoms with Crippen LogP contribution in [0.3, 0.4) is 0 Å². The van der Waals surface area contributed by atoms with Gasteiger partial charge in [0.1, 0.15) is 17.5 Å². The minimum absolute atomic E-state index is 0.0191. The fraction of sp³-hybridized carbons (Fsp3) is 0.902. The molecule has 0 saturated carbocycles. The van der Waals surface area contributed by atoms with E-state index in [1.54, 1.807) is 7.05 Å². The Kier molecular flexibility index (Phi) is 36.6. The number of rotatable bonds is 45. The van der Waals surface area contributed by atoms with E-state index in [-0.39, 0.29) is 12.1 Å². The van der Waals surface area contributed by atoms with Crippen LogP contribution in [0, 0.1) is 5.92 Å². The van der Waals surface area contributed by atoms with Crippen molar-refractivity contribution in [2.75, 3.05) is 43.9 Å². The predicted molar refractivity (Wildman–Crippen MR) is 253 cm³/mol. The Morgan fingerprint density at radius 1 is 0.500 bits per heavy atom. The Balaban J connectivity index is 2.40. The topological polar surface area (TPSA) is 87.7 Å². The SMILES string of the molecule is CCCCCCCCC(CC)CCCCCCCN(CCCCCCCC(=O)OC(CCCCCCCC)CCCCCCCC)CCCNc1c(NC)c(=O)c1=O. The van der Waals surface area contributed by atoms with Gasteiger partial charge in [0.15, 0.2) is 0 Å². The van der Waals surface area contributed by atoms with Crippen molar-refractivity contribution in [3.05, 3.63) is 20.4 Å². The number of esters is 1. The quantitative estimate of drug-likeness (QED) is 0.0385. The first-order valence-corrected chi connectivity index (χ1v) is 25.6. The molecule has 0 amide bonds. The summed E-state index contributed by atoms with van der Waals surface area (Å²) < 4.78 is 6.08. The van der Waals surface area contributed by atoms with Crippen LogP contribution < -0.4 is 21.5 Å². The molecule has 1 aromatic carbocycles. The summed E-state index contributed by atoms with van der Waals surface area (Å²) in [6, 6.07) is 0.